The first-order chi connectivity index (χ1) is 2.94. The topological polar surface area (TPSA) is 104 Å². The third kappa shape index (κ3) is 4.05. The van der Waals surface area contributed by atoms with Crippen molar-refractivity contribution in [1.82, 2.24) is 0 Å². The summed E-state index contributed by atoms with van der Waals surface area (Å²) in [5.74, 6) is -4.95. The highest BCUT2D eigenvalue weighted by atomic mass is 27.0. The largest absolute Gasteiger partial charge is 0.476 e. The second-order valence-corrected chi connectivity index (χ2v) is 1.03. The maximum Gasteiger partial charge on any atom is 0.380 e. The average molecular weight is 137 g/mol. The Kier molecular flexibility index (Phi) is 4.07. The summed E-state index contributed by atoms with van der Waals surface area (Å²) in [7, 11) is 0. The summed E-state index contributed by atoms with van der Waals surface area (Å²) in [6.45, 7) is 0. The lowest BCUT2D eigenvalue weighted by Crippen LogP contribution is -2.47. The van der Waals surface area contributed by atoms with Gasteiger partial charge in [0.15, 0.2) is 17.4 Å². The first-order valence-corrected chi connectivity index (χ1v) is 1.41. The summed E-state index contributed by atoms with van der Waals surface area (Å²) >= 11 is 0. The van der Waals surface area contributed by atoms with Crippen LogP contribution in [-0.4, -0.2) is 44.6 Å². The Labute approximate surface area is 55.9 Å². The minimum atomic E-state index is -3.08. The zero-order valence-corrected chi connectivity index (χ0v) is 3.33. The van der Waals surface area contributed by atoms with Gasteiger partial charge in [-0.25, -0.2) is 4.79 Å². The molecule has 0 aromatic rings. The molecule has 0 fully saturated rings. The molecular formula is C2H8AlNO4. The number of nitrogens with two attached hydrogens (primary N) is 1. The van der Waals surface area contributed by atoms with E-state index in [1.807, 2.05) is 0 Å². The molecule has 8 heavy (non-hydrogen) atoms. The van der Waals surface area contributed by atoms with Crippen molar-refractivity contribution in [3.63, 3.8) is 0 Å². The number of aliphatic carboxylic acids is 1. The van der Waals surface area contributed by atoms with E-state index in [1.165, 1.54) is 0 Å². The summed E-state index contributed by atoms with van der Waals surface area (Å²) in [5.41, 5.74) is 4.19. The number of carbonyl (C=O) groups is 1. The number of hydrogen-bond acceptors (Lipinski definition) is 4. The van der Waals surface area contributed by atoms with Crippen LogP contribution in [0.1, 0.15) is 0 Å². The standard InChI is InChI=1S/C2H5NO4.Al.3H/c3-2(6,7)1(4)5;;;;/h6-7H,3H2,(H,4,5);;;;. The Morgan fingerprint density at radius 3 is 1.62 bits per heavy atom. The highest BCUT2D eigenvalue weighted by Gasteiger charge is 2.26. The predicted molar refractivity (Wildman–Crippen MR) is 28.9 cm³/mol. The zero-order valence-electron chi connectivity index (χ0n) is 3.33. The molecule has 0 aliphatic rings. The predicted octanol–water partition coefficient (Wildman–Crippen LogP) is -3.52. The molecule has 5 nitrogen and oxygen atoms in total. The van der Waals surface area contributed by atoms with Gasteiger partial charge in [-0.1, -0.05) is 0 Å². The molecule has 5 N–H and O–H groups in total. The van der Waals surface area contributed by atoms with Crippen LogP contribution in [0.15, 0.2) is 0 Å². The fourth-order valence-electron chi connectivity index (χ4n) is 0. The molecule has 0 aromatic heterocycles. The number of hydrogen-bond donors (Lipinski definition) is 4. The molecule has 0 unspecified atom stereocenters. The van der Waals surface area contributed by atoms with Crippen molar-refractivity contribution in [3.05, 3.63) is 0 Å². The normalized spacial score (nSPS) is 9.88. The molecule has 0 rings (SSSR count). The van der Waals surface area contributed by atoms with Crippen molar-refractivity contribution in [2.75, 3.05) is 0 Å². The Morgan fingerprint density at radius 2 is 1.62 bits per heavy atom. The van der Waals surface area contributed by atoms with Crippen LogP contribution in [0.5, 0.6) is 0 Å². The van der Waals surface area contributed by atoms with E-state index in [0.29, 0.717) is 0 Å². The van der Waals surface area contributed by atoms with Gasteiger partial charge in [-0.15, -0.1) is 0 Å². The molecule has 0 bridgehead atoms. The minimum absolute atomic E-state index is 0. The maximum atomic E-state index is 9.40. The van der Waals surface area contributed by atoms with Crippen molar-refractivity contribution in [2.45, 2.75) is 5.91 Å². The molecule has 0 spiro atoms. The molecule has 0 aromatic carbocycles. The first-order valence-electron chi connectivity index (χ1n) is 1.41. The SMILES string of the molecule is NC(O)(O)C(=O)O.[AlH3]. The Bertz CT molecular complexity index is 86.5. The van der Waals surface area contributed by atoms with Crippen LogP contribution in [-0.2, 0) is 4.79 Å². The van der Waals surface area contributed by atoms with E-state index < -0.39 is 11.9 Å². The summed E-state index contributed by atoms with van der Waals surface area (Å²) < 4.78 is 0. The van der Waals surface area contributed by atoms with E-state index in [0.717, 1.165) is 0 Å². The zero-order chi connectivity index (χ0) is 6.08. The second-order valence-electron chi connectivity index (χ2n) is 1.03. The summed E-state index contributed by atoms with van der Waals surface area (Å²) in [6.07, 6.45) is 0. The molecule has 0 heterocycles. The molecule has 0 saturated heterocycles. The molecule has 48 valence electrons. The van der Waals surface area contributed by atoms with Crippen LogP contribution in [0.2, 0.25) is 0 Å². The van der Waals surface area contributed by atoms with E-state index in [1.54, 1.807) is 0 Å². The van der Waals surface area contributed by atoms with Gasteiger partial charge in [0.2, 0.25) is 0 Å². The lowest BCUT2D eigenvalue weighted by Gasteiger charge is -2.06. The van der Waals surface area contributed by atoms with E-state index >= 15 is 0 Å². The van der Waals surface area contributed by atoms with Gasteiger partial charge < -0.3 is 15.3 Å². The highest BCUT2D eigenvalue weighted by Crippen LogP contribution is 1.82. The van der Waals surface area contributed by atoms with Gasteiger partial charge in [0.25, 0.3) is 0 Å². The second kappa shape index (κ2) is 3.02. The molecule has 0 atom stereocenters. The van der Waals surface area contributed by atoms with Gasteiger partial charge in [0.1, 0.15) is 0 Å². The number of rotatable bonds is 1. The van der Waals surface area contributed by atoms with Crippen LogP contribution in [0.3, 0.4) is 0 Å². The van der Waals surface area contributed by atoms with Gasteiger partial charge in [0.05, 0.1) is 0 Å². The van der Waals surface area contributed by atoms with Crippen molar-refractivity contribution in [1.29, 1.82) is 0 Å². The van der Waals surface area contributed by atoms with Crippen molar-refractivity contribution in [2.24, 2.45) is 5.73 Å². The van der Waals surface area contributed by atoms with Gasteiger partial charge in [-0.3, -0.25) is 5.73 Å². The van der Waals surface area contributed by atoms with Crippen LogP contribution < -0.4 is 5.73 Å². The maximum absolute atomic E-state index is 9.40. The fraction of sp³-hybridized carbons (Fsp3) is 0.500. The van der Waals surface area contributed by atoms with Gasteiger partial charge in [-0.05, 0) is 0 Å². The summed E-state index contributed by atoms with van der Waals surface area (Å²) in [5, 5.41) is 23.3. The van der Waals surface area contributed by atoms with Crippen LogP contribution in [0.25, 0.3) is 0 Å². The van der Waals surface area contributed by atoms with Gasteiger partial charge in [0, 0.05) is 0 Å². The van der Waals surface area contributed by atoms with E-state index in [-0.39, 0.29) is 17.4 Å². The van der Waals surface area contributed by atoms with Gasteiger partial charge in [-0.2, -0.15) is 0 Å². The Balaban J connectivity index is 0. The van der Waals surface area contributed by atoms with Crippen molar-refractivity contribution < 1.29 is 20.1 Å². The van der Waals surface area contributed by atoms with Crippen molar-refractivity contribution in [3.8, 4) is 0 Å². The molecule has 0 saturated carbocycles. The Morgan fingerprint density at radius 1 is 1.50 bits per heavy atom. The molecule has 0 radical (unpaired) electrons. The number of carboxylic acid groups (broad SMARTS) is 1. The third-order valence-corrected chi connectivity index (χ3v) is 0.315. The Hall–Kier alpha value is -0.118. The molecular weight excluding hydrogens is 129 g/mol. The van der Waals surface area contributed by atoms with Crippen LogP contribution in [0.4, 0.5) is 0 Å². The van der Waals surface area contributed by atoms with E-state index in [2.05, 4.69) is 5.73 Å². The summed E-state index contributed by atoms with van der Waals surface area (Å²) in [4.78, 5) is 9.40. The molecule has 6 heteroatoms. The lowest BCUT2D eigenvalue weighted by molar-refractivity contribution is -0.201. The molecule has 0 aliphatic heterocycles. The van der Waals surface area contributed by atoms with E-state index in [9.17, 15) is 4.79 Å². The quantitative estimate of drug-likeness (QED) is 0.221. The van der Waals surface area contributed by atoms with Crippen LogP contribution >= 0.6 is 0 Å². The van der Waals surface area contributed by atoms with E-state index in [4.69, 9.17) is 15.3 Å². The number of aliphatic hydroxyl groups is 2. The number of carboxylic acids is 1. The monoisotopic (exact) mass is 137 g/mol. The van der Waals surface area contributed by atoms with Crippen molar-refractivity contribution >= 4 is 23.3 Å². The minimum Gasteiger partial charge on any atom is -0.476 e. The molecule has 0 amide bonds. The average Bonchev–Trinajstić information content (AvgIpc) is 1.31. The molecule has 0 aliphatic carbocycles. The smallest absolute Gasteiger partial charge is 0.380 e. The fourth-order valence-corrected chi connectivity index (χ4v) is 0. The first kappa shape index (κ1) is 10.8. The van der Waals surface area contributed by atoms with Crippen LogP contribution in [0, 0.1) is 0 Å². The van der Waals surface area contributed by atoms with Gasteiger partial charge >= 0.3 is 11.9 Å². The highest BCUT2D eigenvalue weighted by molar-refractivity contribution is 5.75. The third-order valence-electron chi connectivity index (χ3n) is 0.315. The lowest BCUT2D eigenvalue weighted by atomic mass is 10.5. The summed E-state index contributed by atoms with van der Waals surface area (Å²) in [6, 6.07) is 0.